The second-order valence-corrected chi connectivity index (χ2v) is 31.1. The highest BCUT2D eigenvalue weighted by molar-refractivity contribution is 6.67. The van der Waals surface area contributed by atoms with Gasteiger partial charge >= 0.3 is 88.9 Å². The molecule has 3 fully saturated rings. The molecule has 36 nitrogen and oxygen atoms in total. The standard InChI is InChI=1S/C26H20O8.C22H16O8.C18H12O6.C11H8O4.C9H6O3.C4H5ClO.C4H6O3.C2H4O2.H2O/c1-11(2)23(27)31-13-5-7-15-17(9-13)33-25(29)21-19(15)20-16-8-6-14(32-24(28)12(3)4)10-18(16)34-26(30)22(20)21;1-9(23)27-11-3-5-13-15(7-11)29-21(25)19-17(13)18-14-6-4-12(28-10(2)24)8-16(14)30-22(26)20(18)19;19-7-1-3-9-11(5-7)23-17(21)15-13(9)14-10-4-2-8(20)6-12(10)24-18(22)16(14)15;1-7(12)14-9-4-2-8-3-5-11(13)15-10(8)6-9;10-7-3-1-6-2-4-9(11)12-8(6)5-7;1-3(2)4(5)6;1-3(5)7-4(2)6;1-2(3)4;/h5-10,19-22H,1,3H2,2,4H3;3-8,17-20H,1-2H3;1-6,13-16,19-20H;2-6H,1H3;1-5,10H;1H2,2H3;1-2H3;1H3,(H,3,4);1H2/p+1. The van der Waals surface area contributed by atoms with Gasteiger partial charge in [0.2, 0.25) is 5.24 Å². The summed E-state index contributed by atoms with van der Waals surface area (Å²) >= 11 is 4.87. The lowest BCUT2D eigenvalue weighted by Gasteiger charge is -2.53. The molecule has 0 bridgehead atoms. The molecule has 0 amide bonds. The number of ether oxygens (including phenoxy) is 12. The number of aromatic hydroxyl groups is 3. The number of hydrogen-bond acceptors (Lipinski definition) is 34. The van der Waals surface area contributed by atoms with Crippen LogP contribution < -0.4 is 63.4 Å². The van der Waals surface area contributed by atoms with E-state index < -0.39 is 136 Å². The van der Waals surface area contributed by atoms with Crippen molar-refractivity contribution in [3.05, 3.63) is 261 Å². The minimum Gasteiger partial charge on any atom is -0.508 e. The quantitative estimate of drug-likeness (QED) is 0.0209. The molecule has 10 aromatic rings. The van der Waals surface area contributed by atoms with Crippen LogP contribution in [0.25, 0.3) is 21.9 Å². The summed E-state index contributed by atoms with van der Waals surface area (Å²) in [4.78, 5) is 193. The van der Waals surface area contributed by atoms with Gasteiger partial charge in [0.1, 0.15) is 91.7 Å². The van der Waals surface area contributed by atoms with E-state index in [0.29, 0.717) is 45.5 Å². The van der Waals surface area contributed by atoms with Gasteiger partial charge in [-0.2, -0.15) is 0 Å². The predicted molar refractivity (Wildman–Crippen MR) is 461 cm³/mol. The van der Waals surface area contributed by atoms with Crippen LogP contribution in [-0.4, -0.2) is 109 Å². The monoisotopic (exact) mass is 1840 g/mol. The van der Waals surface area contributed by atoms with Crippen LogP contribution in [0.4, 0.5) is 0 Å². The zero-order valence-corrected chi connectivity index (χ0v) is 72.4. The number of esters is 13. The zero-order valence-electron chi connectivity index (χ0n) is 71.6. The number of aliphatic carboxylic acids is 1. The van der Waals surface area contributed by atoms with Crippen LogP contribution in [0.3, 0.4) is 0 Å². The number of carboxylic acid groups (broad SMARTS) is 1. The molecule has 6 aliphatic heterocycles. The Labute approximate surface area is 756 Å². The van der Waals surface area contributed by atoms with E-state index in [-0.39, 0.29) is 104 Å². The summed E-state index contributed by atoms with van der Waals surface area (Å²) in [5.74, 6) is -9.58. The SMILES string of the molecule is C=C(C)C(=O)Cl.C=C(C)C(=O)Oc1ccc2c(c1)OC(=O)C1C3C(=O)Oc4cc(OC(=O)C(=C)C)ccc4C3C21.CC(=O)O.CC(=O)OC(C)=O.CC(=O)Oc1ccc2c(c1)OC(=O)C1C3C(=O)Oc4cc(OC(C)=O)ccc4C3C21.CC(=O)Oc1ccc2ccc(=O)oc2c1.O=C1Oc2cc(O)ccc2C2C1C1C(=O)Oc3cc(O)ccc3C12.O=c1ccc2ccc(O)cc2o1.[OH3+]. The third-order valence-electron chi connectivity index (χ3n) is 21.4. The molecule has 686 valence electrons. The minimum absolute atomic E-state index is 0. The molecule has 3 aliphatic carbocycles. The van der Waals surface area contributed by atoms with Gasteiger partial charge in [-0.25, -0.2) is 19.2 Å². The van der Waals surface area contributed by atoms with Crippen molar-refractivity contribution in [2.45, 2.75) is 97.8 Å². The first-order valence-electron chi connectivity index (χ1n) is 39.8. The third kappa shape index (κ3) is 21.8. The molecule has 19 rings (SSSR count). The van der Waals surface area contributed by atoms with Crippen molar-refractivity contribution in [1.82, 2.24) is 0 Å². The van der Waals surface area contributed by atoms with E-state index in [0.717, 1.165) is 51.1 Å². The summed E-state index contributed by atoms with van der Waals surface area (Å²) in [6.45, 7) is 22.3. The summed E-state index contributed by atoms with van der Waals surface area (Å²) in [7, 11) is 0. The largest absolute Gasteiger partial charge is 0.508 e. The Bertz CT molecular complexity index is 6390. The normalized spacial score (nSPS) is 20.0. The van der Waals surface area contributed by atoms with Gasteiger partial charge in [0.25, 0.3) is 5.97 Å². The van der Waals surface area contributed by atoms with Gasteiger partial charge in [0.05, 0.1) is 35.5 Å². The van der Waals surface area contributed by atoms with Gasteiger partial charge in [-0.1, -0.05) is 56.1 Å². The van der Waals surface area contributed by atoms with Crippen molar-refractivity contribution >= 4 is 122 Å². The number of carboxylic acids is 1. The van der Waals surface area contributed by atoms with E-state index in [2.05, 4.69) is 24.5 Å². The van der Waals surface area contributed by atoms with E-state index in [1.54, 1.807) is 116 Å². The molecule has 133 heavy (non-hydrogen) atoms. The fourth-order valence-corrected chi connectivity index (χ4v) is 16.2. The van der Waals surface area contributed by atoms with Gasteiger partial charge in [-0.3, -0.25) is 62.3 Å². The molecule has 0 spiro atoms. The number of hydrogen-bond donors (Lipinski definition) is 4. The maximum Gasteiger partial charge on any atom is 0.338 e. The molecule has 9 aliphatic rings. The first-order chi connectivity index (χ1) is 62.4. The molecule has 8 aromatic carbocycles. The number of halogens is 1. The van der Waals surface area contributed by atoms with Crippen molar-refractivity contribution in [3.8, 4) is 80.5 Å². The van der Waals surface area contributed by atoms with Gasteiger partial charge in [0.15, 0.2) is 0 Å². The lowest BCUT2D eigenvalue weighted by atomic mass is 9.51. The average Bonchev–Trinajstić information content (AvgIpc) is 0.702. The molecule has 37 heteroatoms. The average molecular weight is 1850 g/mol. The Hall–Kier alpha value is -16.5. The van der Waals surface area contributed by atoms with Gasteiger partial charge in [-0.15, -0.1) is 0 Å². The Morgan fingerprint density at radius 3 is 0.767 bits per heavy atom. The van der Waals surface area contributed by atoms with Crippen LogP contribution >= 0.6 is 11.6 Å². The number of carbonyl (C=O) groups excluding carboxylic acids is 14. The molecule has 7 N–H and O–H groups in total. The van der Waals surface area contributed by atoms with Gasteiger partial charge in [-0.05, 0) is 139 Å². The Kier molecular flexibility index (Phi) is 29.5. The number of carbonyl (C=O) groups is 15. The molecule has 8 heterocycles. The van der Waals surface area contributed by atoms with Crippen LogP contribution in [0.5, 0.6) is 80.5 Å². The van der Waals surface area contributed by atoms with Crippen molar-refractivity contribution in [1.29, 1.82) is 0 Å². The van der Waals surface area contributed by atoms with Crippen LogP contribution in [0, 0.1) is 35.5 Å². The summed E-state index contributed by atoms with van der Waals surface area (Å²) in [6, 6.07) is 44.3. The summed E-state index contributed by atoms with van der Waals surface area (Å²) in [6.07, 6.45) is 0. The highest BCUT2D eigenvalue weighted by Gasteiger charge is 2.67. The van der Waals surface area contributed by atoms with E-state index in [1.165, 1.54) is 109 Å². The van der Waals surface area contributed by atoms with Crippen molar-refractivity contribution in [2.75, 3.05) is 0 Å². The summed E-state index contributed by atoms with van der Waals surface area (Å²) < 4.78 is 71.7. The maximum atomic E-state index is 12.8. The fraction of sp³-hybridized carbons (Fsp3) is 0.219. The van der Waals surface area contributed by atoms with Crippen LogP contribution in [-0.2, 0) is 82.1 Å². The Balaban J connectivity index is 0.000000158. The van der Waals surface area contributed by atoms with E-state index in [1.807, 2.05) is 0 Å². The van der Waals surface area contributed by atoms with Crippen molar-refractivity contribution < 1.29 is 163 Å². The van der Waals surface area contributed by atoms with E-state index in [4.69, 9.17) is 87.5 Å². The number of benzene rings is 8. The van der Waals surface area contributed by atoms with E-state index in [9.17, 15) is 86.9 Å². The van der Waals surface area contributed by atoms with E-state index >= 15 is 0 Å². The zero-order chi connectivity index (χ0) is 96.0. The highest BCUT2D eigenvalue weighted by atomic mass is 35.5. The molecule has 2 aromatic heterocycles. The molecule has 12 unspecified atom stereocenters. The highest BCUT2D eigenvalue weighted by Crippen LogP contribution is 2.68. The number of allylic oxidation sites excluding steroid dienone is 1. The second-order valence-electron chi connectivity index (χ2n) is 30.8. The first kappa shape index (κ1) is 97.1. The van der Waals surface area contributed by atoms with Gasteiger partial charge in [0, 0.05) is 165 Å². The van der Waals surface area contributed by atoms with Crippen molar-refractivity contribution in [2.24, 2.45) is 35.5 Å². The smallest absolute Gasteiger partial charge is 0.338 e. The third-order valence-corrected chi connectivity index (χ3v) is 21.7. The summed E-state index contributed by atoms with van der Waals surface area (Å²) in [5.41, 5.74) is 5.43. The Morgan fingerprint density at radius 2 is 0.511 bits per heavy atom. The van der Waals surface area contributed by atoms with Crippen LogP contribution in [0.15, 0.2) is 225 Å². The molecular weight excluding hydrogens is 1760 g/mol. The number of phenolic OH excluding ortho intramolecular Hbond substituents is 3. The predicted octanol–water partition coefficient (Wildman–Crippen LogP) is 11.9. The number of rotatable bonds is 8. The lowest BCUT2D eigenvalue weighted by Crippen LogP contribution is -2.57. The maximum absolute atomic E-state index is 12.8. The second kappa shape index (κ2) is 40.4. The minimum atomic E-state index is -0.833. The fourth-order valence-electron chi connectivity index (χ4n) is 16.2. The lowest BCUT2D eigenvalue weighted by molar-refractivity contribution is -0.165. The van der Waals surface area contributed by atoms with Crippen molar-refractivity contribution in [3.63, 3.8) is 0 Å². The molecular formula is C96H80ClO36+. The number of phenols is 3. The number of fused-ring (bicyclic) bond motifs is 26. The summed E-state index contributed by atoms with van der Waals surface area (Å²) in [5, 5.41) is 36.8. The van der Waals surface area contributed by atoms with Crippen LogP contribution in [0.1, 0.15) is 131 Å². The topological polar surface area (TPSA) is 541 Å². The Morgan fingerprint density at radius 1 is 0.293 bits per heavy atom. The molecule has 12 atom stereocenters. The first-order valence-corrected chi connectivity index (χ1v) is 40.1. The molecule has 0 saturated heterocycles. The molecule has 0 radical (unpaired) electrons. The van der Waals surface area contributed by atoms with Crippen LogP contribution in [0.2, 0.25) is 0 Å². The van der Waals surface area contributed by atoms with Gasteiger partial charge < -0.3 is 91.6 Å². The molecule has 3 saturated carbocycles.